The summed E-state index contributed by atoms with van der Waals surface area (Å²) in [6.45, 7) is 6.91. The van der Waals surface area contributed by atoms with Gasteiger partial charge in [-0.1, -0.05) is 12.8 Å². The Morgan fingerprint density at radius 3 is 2.31 bits per heavy atom. The van der Waals surface area contributed by atoms with Gasteiger partial charge in [0, 0.05) is 39.8 Å². The van der Waals surface area contributed by atoms with Crippen LogP contribution in [0.5, 0.6) is 0 Å². The van der Waals surface area contributed by atoms with Gasteiger partial charge in [-0.05, 0) is 39.5 Å². The Kier molecular flexibility index (Phi) is 11.1. The van der Waals surface area contributed by atoms with E-state index in [2.05, 4.69) is 10.6 Å². The summed E-state index contributed by atoms with van der Waals surface area (Å²) in [5.41, 5.74) is -0.362. The first-order valence-electron chi connectivity index (χ1n) is 10.6. The maximum atomic E-state index is 12.7. The molecule has 0 spiro atoms. The molecule has 0 atom stereocenters. The van der Waals surface area contributed by atoms with Gasteiger partial charge in [0.05, 0.1) is 18.6 Å². The number of hydrogen-bond acceptors (Lipinski definition) is 4. The smallest absolute Gasteiger partial charge is 0.409 e. The van der Waals surface area contributed by atoms with E-state index in [4.69, 9.17) is 9.73 Å². The van der Waals surface area contributed by atoms with Crippen molar-refractivity contribution >= 4 is 41.9 Å². The molecule has 29 heavy (non-hydrogen) atoms. The van der Waals surface area contributed by atoms with Crippen molar-refractivity contribution in [2.45, 2.75) is 58.4 Å². The molecule has 2 aliphatic rings. The van der Waals surface area contributed by atoms with Crippen LogP contribution in [0, 0.1) is 5.41 Å². The molecule has 0 unspecified atom stereocenters. The van der Waals surface area contributed by atoms with E-state index in [1.807, 2.05) is 27.9 Å². The molecule has 2 N–H and O–H groups in total. The molecule has 0 aromatic heterocycles. The summed E-state index contributed by atoms with van der Waals surface area (Å²) in [4.78, 5) is 32.8. The van der Waals surface area contributed by atoms with E-state index in [0.717, 1.165) is 51.0 Å². The zero-order valence-electron chi connectivity index (χ0n) is 18.3. The Hall–Kier alpha value is -1.26. The molecule has 1 heterocycles. The lowest BCUT2D eigenvalue weighted by molar-refractivity contribution is -0.138. The zero-order chi connectivity index (χ0) is 20.6. The summed E-state index contributed by atoms with van der Waals surface area (Å²) in [6.07, 6.45) is 5.47. The predicted octanol–water partition coefficient (Wildman–Crippen LogP) is 2.43. The van der Waals surface area contributed by atoms with Crippen LogP contribution in [0.3, 0.4) is 0 Å². The number of halogens is 1. The molecule has 0 radical (unpaired) electrons. The average Bonchev–Trinajstić information content (AvgIpc) is 3.16. The highest BCUT2D eigenvalue weighted by Gasteiger charge is 2.42. The fourth-order valence-corrected chi connectivity index (χ4v) is 4.13. The van der Waals surface area contributed by atoms with Crippen molar-refractivity contribution in [2.75, 3.05) is 46.9 Å². The van der Waals surface area contributed by atoms with Crippen molar-refractivity contribution in [1.29, 1.82) is 0 Å². The molecule has 1 saturated carbocycles. The van der Waals surface area contributed by atoms with Crippen molar-refractivity contribution in [3.63, 3.8) is 0 Å². The van der Waals surface area contributed by atoms with Gasteiger partial charge in [-0.15, -0.1) is 24.0 Å². The number of amides is 2. The lowest BCUT2D eigenvalue weighted by Gasteiger charge is -2.33. The Balaban J connectivity index is 0.00000420. The van der Waals surface area contributed by atoms with Crippen LogP contribution in [-0.2, 0) is 9.53 Å². The van der Waals surface area contributed by atoms with Crippen LogP contribution in [0.2, 0.25) is 0 Å². The number of hydrogen-bond donors (Lipinski definition) is 2. The van der Waals surface area contributed by atoms with Crippen LogP contribution in [0.1, 0.15) is 52.4 Å². The van der Waals surface area contributed by atoms with Crippen LogP contribution < -0.4 is 10.6 Å². The second-order valence-electron chi connectivity index (χ2n) is 7.99. The maximum Gasteiger partial charge on any atom is 0.409 e. The predicted molar refractivity (Wildman–Crippen MR) is 126 cm³/mol. The first kappa shape index (κ1) is 25.8. The number of nitrogens with one attached hydrogen (secondary N) is 2. The van der Waals surface area contributed by atoms with Gasteiger partial charge in [-0.25, -0.2) is 4.79 Å². The minimum absolute atomic E-state index is 0. The second-order valence-corrected chi connectivity index (χ2v) is 7.99. The highest BCUT2D eigenvalue weighted by molar-refractivity contribution is 14.0. The summed E-state index contributed by atoms with van der Waals surface area (Å²) in [5, 5.41) is 6.80. The summed E-state index contributed by atoms with van der Waals surface area (Å²) in [6, 6.07) is 0.257. The van der Waals surface area contributed by atoms with Gasteiger partial charge in [0.2, 0.25) is 5.91 Å². The molecular formula is C20H38IN5O3. The number of ether oxygens (including phenoxy) is 1. The average molecular weight is 523 g/mol. The lowest BCUT2D eigenvalue weighted by atomic mass is 9.85. The Labute approximate surface area is 192 Å². The van der Waals surface area contributed by atoms with E-state index in [1.54, 1.807) is 9.80 Å². The van der Waals surface area contributed by atoms with Crippen molar-refractivity contribution in [1.82, 2.24) is 20.4 Å². The fraction of sp³-hybridized carbons (Fsp3) is 0.850. The highest BCUT2D eigenvalue weighted by atomic mass is 127. The lowest BCUT2D eigenvalue weighted by Crippen LogP contribution is -2.50. The van der Waals surface area contributed by atoms with Gasteiger partial charge in [0.1, 0.15) is 0 Å². The molecule has 1 aliphatic carbocycles. The molecule has 0 aromatic rings. The van der Waals surface area contributed by atoms with Crippen LogP contribution in [0.4, 0.5) is 4.79 Å². The maximum absolute atomic E-state index is 12.7. The normalized spacial score (nSPS) is 19.3. The Morgan fingerprint density at radius 1 is 1.17 bits per heavy atom. The van der Waals surface area contributed by atoms with Gasteiger partial charge in [-0.3, -0.25) is 9.79 Å². The summed E-state index contributed by atoms with van der Waals surface area (Å²) >= 11 is 0. The first-order chi connectivity index (χ1) is 13.4. The molecule has 2 fully saturated rings. The van der Waals surface area contributed by atoms with E-state index in [1.165, 1.54) is 0 Å². The van der Waals surface area contributed by atoms with Crippen molar-refractivity contribution < 1.29 is 14.3 Å². The number of piperidine rings is 1. The van der Waals surface area contributed by atoms with Gasteiger partial charge < -0.3 is 25.2 Å². The van der Waals surface area contributed by atoms with Gasteiger partial charge in [0.25, 0.3) is 0 Å². The van der Waals surface area contributed by atoms with Gasteiger partial charge in [-0.2, -0.15) is 0 Å². The number of likely N-dealkylation sites (tertiary alicyclic amines) is 1. The molecule has 1 saturated heterocycles. The summed E-state index contributed by atoms with van der Waals surface area (Å²) in [5.74, 6) is 0.947. The number of aliphatic imine (C=N–C) groups is 1. The van der Waals surface area contributed by atoms with E-state index in [9.17, 15) is 9.59 Å². The molecule has 2 rings (SSSR count). The van der Waals surface area contributed by atoms with Crippen molar-refractivity contribution in [3.05, 3.63) is 0 Å². The van der Waals surface area contributed by atoms with Crippen molar-refractivity contribution in [3.8, 4) is 0 Å². The molecular weight excluding hydrogens is 485 g/mol. The van der Waals surface area contributed by atoms with E-state index in [-0.39, 0.29) is 47.4 Å². The molecule has 0 bridgehead atoms. The molecule has 8 nitrogen and oxygen atoms in total. The standard InChI is InChI=1S/C20H37N5O3.HI/c1-5-21-18(22-15-20(11-7-8-12-20)17(26)24(3)4)23-16-9-13-25(14-10-16)19(27)28-6-2;/h16H,5-15H2,1-4H3,(H2,21,22,23);1H. The third kappa shape index (κ3) is 7.18. The number of guanidine groups is 1. The van der Waals surface area contributed by atoms with Gasteiger partial charge in [0.15, 0.2) is 5.96 Å². The first-order valence-corrected chi connectivity index (χ1v) is 10.6. The van der Waals surface area contributed by atoms with Crippen LogP contribution in [-0.4, -0.2) is 80.7 Å². The number of nitrogens with zero attached hydrogens (tertiary/aromatic N) is 3. The molecule has 168 valence electrons. The van der Waals surface area contributed by atoms with Crippen LogP contribution in [0.25, 0.3) is 0 Å². The largest absolute Gasteiger partial charge is 0.450 e. The Morgan fingerprint density at radius 2 is 1.79 bits per heavy atom. The number of rotatable bonds is 6. The minimum atomic E-state index is -0.362. The second kappa shape index (κ2) is 12.4. The molecule has 0 aromatic carbocycles. The van der Waals surface area contributed by atoms with E-state index < -0.39 is 0 Å². The Bertz CT molecular complexity index is 556. The monoisotopic (exact) mass is 523 g/mol. The highest BCUT2D eigenvalue weighted by Crippen LogP contribution is 2.39. The zero-order valence-corrected chi connectivity index (χ0v) is 20.7. The summed E-state index contributed by atoms with van der Waals surface area (Å²) < 4.78 is 5.08. The molecule has 9 heteroatoms. The molecule has 1 aliphatic heterocycles. The quantitative estimate of drug-likeness (QED) is 0.318. The SMILES string of the molecule is CCNC(=NCC1(C(=O)N(C)C)CCCC1)NC1CCN(C(=O)OCC)CC1.I. The van der Waals surface area contributed by atoms with Crippen LogP contribution >= 0.6 is 24.0 Å². The topological polar surface area (TPSA) is 86.3 Å². The van der Waals surface area contributed by atoms with Crippen LogP contribution in [0.15, 0.2) is 4.99 Å². The van der Waals surface area contributed by atoms with Crippen molar-refractivity contribution in [2.24, 2.45) is 10.4 Å². The number of carbonyl (C=O) groups is 2. The van der Waals surface area contributed by atoms with Gasteiger partial charge >= 0.3 is 6.09 Å². The molecule has 2 amide bonds. The fourth-order valence-electron chi connectivity index (χ4n) is 4.13. The third-order valence-corrected chi connectivity index (χ3v) is 5.67. The van der Waals surface area contributed by atoms with E-state index in [0.29, 0.717) is 26.2 Å². The third-order valence-electron chi connectivity index (χ3n) is 5.67. The van der Waals surface area contributed by atoms with E-state index >= 15 is 0 Å². The summed E-state index contributed by atoms with van der Waals surface area (Å²) in [7, 11) is 3.65. The minimum Gasteiger partial charge on any atom is -0.450 e. The number of carbonyl (C=O) groups excluding carboxylic acids is 2.